The summed E-state index contributed by atoms with van der Waals surface area (Å²) >= 11 is 0. The maximum absolute atomic E-state index is 11.1. The highest BCUT2D eigenvalue weighted by Crippen LogP contribution is 2.10. The van der Waals surface area contributed by atoms with Crippen LogP contribution in [0, 0.1) is 0 Å². The van der Waals surface area contributed by atoms with Crippen molar-refractivity contribution in [1.82, 2.24) is 10.6 Å². The van der Waals surface area contributed by atoms with Crippen LogP contribution in [0.4, 0.5) is 4.79 Å². The predicted octanol–water partition coefficient (Wildman–Crippen LogP) is 0.150. The van der Waals surface area contributed by atoms with E-state index in [1.165, 1.54) is 0 Å². The first-order valence-electron chi connectivity index (χ1n) is 4.72. The third-order valence-corrected chi connectivity index (χ3v) is 1.79. The van der Waals surface area contributed by atoms with Crippen molar-refractivity contribution >= 4 is 6.03 Å². The first kappa shape index (κ1) is 11.3. The van der Waals surface area contributed by atoms with Gasteiger partial charge in [-0.05, 0) is 17.7 Å². The van der Waals surface area contributed by atoms with Crippen LogP contribution >= 0.6 is 0 Å². The normalized spacial score (nSPS) is 9.67. The zero-order chi connectivity index (χ0) is 11.1. The van der Waals surface area contributed by atoms with Crippen LogP contribution in [-0.4, -0.2) is 24.2 Å². The molecule has 1 aromatic carbocycles. The van der Waals surface area contributed by atoms with E-state index in [4.69, 9.17) is 5.73 Å². The number of nitrogens with two attached hydrogens (primary N) is 1. The minimum Gasteiger partial charge on any atom is -0.508 e. The standard InChI is InChI=1S/C10H15N3O2/c11-4-5-12-10(15)13-7-8-2-1-3-9(14)6-8/h1-3,6,14H,4-5,7,11H2,(H2,12,13,15). The molecule has 0 unspecified atom stereocenters. The van der Waals surface area contributed by atoms with Gasteiger partial charge in [0.15, 0.2) is 0 Å². The van der Waals surface area contributed by atoms with E-state index in [1.54, 1.807) is 18.2 Å². The highest BCUT2D eigenvalue weighted by atomic mass is 16.3. The maximum atomic E-state index is 11.1. The monoisotopic (exact) mass is 209 g/mol. The van der Waals surface area contributed by atoms with Gasteiger partial charge in [0.2, 0.25) is 0 Å². The Hall–Kier alpha value is -1.75. The zero-order valence-electron chi connectivity index (χ0n) is 8.36. The number of benzene rings is 1. The van der Waals surface area contributed by atoms with E-state index in [1.807, 2.05) is 6.07 Å². The summed E-state index contributed by atoms with van der Waals surface area (Å²) in [5.74, 6) is 0.191. The Bertz CT molecular complexity index is 328. The SMILES string of the molecule is NCCNC(=O)NCc1cccc(O)c1. The molecule has 0 saturated heterocycles. The molecule has 5 heteroatoms. The molecule has 0 atom stereocenters. The largest absolute Gasteiger partial charge is 0.508 e. The van der Waals surface area contributed by atoms with Crippen LogP contribution in [0.2, 0.25) is 0 Å². The van der Waals surface area contributed by atoms with Gasteiger partial charge in [-0.2, -0.15) is 0 Å². The molecule has 82 valence electrons. The molecule has 0 radical (unpaired) electrons. The van der Waals surface area contributed by atoms with Crippen molar-refractivity contribution in [3.8, 4) is 5.75 Å². The maximum Gasteiger partial charge on any atom is 0.315 e. The molecule has 5 nitrogen and oxygen atoms in total. The molecule has 0 aliphatic carbocycles. The molecule has 1 rings (SSSR count). The lowest BCUT2D eigenvalue weighted by molar-refractivity contribution is 0.241. The lowest BCUT2D eigenvalue weighted by Gasteiger charge is -2.06. The number of nitrogens with one attached hydrogen (secondary N) is 2. The number of aromatic hydroxyl groups is 1. The van der Waals surface area contributed by atoms with Crippen molar-refractivity contribution in [3.63, 3.8) is 0 Å². The van der Waals surface area contributed by atoms with E-state index < -0.39 is 0 Å². The number of urea groups is 1. The van der Waals surface area contributed by atoms with Crippen LogP contribution in [0.5, 0.6) is 5.75 Å². The highest BCUT2D eigenvalue weighted by Gasteiger charge is 1.99. The molecule has 0 bridgehead atoms. The number of phenols is 1. The van der Waals surface area contributed by atoms with Crippen molar-refractivity contribution in [2.24, 2.45) is 5.73 Å². The van der Waals surface area contributed by atoms with Gasteiger partial charge in [-0.3, -0.25) is 0 Å². The van der Waals surface area contributed by atoms with Crippen LogP contribution in [0.1, 0.15) is 5.56 Å². The summed E-state index contributed by atoms with van der Waals surface area (Å²) in [6.45, 7) is 1.25. The van der Waals surface area contributed by atoms with Crippen molar-refractivity contribution < 1.29 is 9.90 Å². The summed E-state index contributed by atoms with van der Waals surface area (Å²) in [7, 11) is 0. The average Bonchev–Trinajstić information content (AvgIpc) is 2.23. The fourth-order valence-electron chi connectivity index (χ4n) is 1.10. The second kappa shape index (κ2) is 5.87. The number of phenolic OH excluding ortho intramolecular Hbond substituents is 1. The molecule has 5 N–H and O–H groups in total. The Kier molecular flexibility index (Phi) is 4.43. The van der Waals surface area contributed by atoms with Crippen molar-refractivity contribution in [2.45, 2.75) is 6.54 Å². The van der Waals surface area contributed by atoms with E-state index in [0.717, 1.165) is 5.56 Å². The quantitative estimate of drug-likeness (QED) is 0.569. The zero-order valence-corrected chi connectivity index (χ0v) is 8.36. The second-order valence-corrected chi connectivity index (χ2v) is 3.07. The van der Waals surface area contributed by atoms with E-state index in [9.17, 15) is 9.90 Å². The smallest absolute Gasteiger partial charge is 0.315 e. The molecule has 2 amide bonds. The summed E-state index contributed by atoms with van der Waals surface area (Å²) in [5.41, 5.74) is 6.07. The van der Waals surface area contributed by atoms with Gasteiger partial charge in [0.05, 0.1) is 0 Å². The van der Waals surface area contributed by atoms with E-state index in [0.29, 0.717) is 19.6 Å². The van der Waals surface area contributed by atoms with Gasteiger partial charge in [0, 0.05) is 19.6 Å². The van der Waals surface area contributed by atoms with Crippen LogP contribution < -0.4 is 16.4 Å². The minimum absolute atomic E-state index is 0.191. The van der Waals surface area contributed by atoms with Gasteiger partial charge < -0.3 is 21.5 Å². The number of carbonyl (C=O) groups is 1. The summed E-state index contributed by atoms with van der Waals surface area (Å²) < 4.78 is 0. The molecule has 0 saturated carbocycles. The molecule has 0 aliphatic heterocycles. The Morgan fingerprint density at radius 3 is 2.87 bits per heavy atom. The average molecular weight is 209 g/mol. The summed E-state index contributed by atoms with van der Waals surface area (Å²) in [6.07, 6.45) is 0. The van der Waals surface area contributed by atoms with E-state index in [-0.39, 0.29) is 11.8 Å². The highest BCUT2D eigenvalue weighted by molar-refractivity contribution is 5.73. The molecule has 0 fully saturated rings. The van der Waals surface area contributed by atoms with Gasteiger partial charge in [0.25, 0.3) is 0 Å². The van der Waals surface area contributed by atoms with Gasteiger partial charge in [-0.25, -0.2) is 4.79 Å². The fourth-order valence-corrected chi connectivity index (χ4v) is 1.10. The summed E-state index contributed by atoms with van der Waals surface area (Å²) in [6, 6.07) is 6.47. The third-order valence-electron chi connectivity index (χ3n) is 1.79. The van der Waals surface area contributed by atoms with Crippen LogP contribution in [0.15, 0.2) is 24.3 Å². The van der Waals surface area contributed by atoms with Gasteiger partial charge in [-0.1, -0.05) is 12.1 Å². The Morgan fingerprint density at radius 1 is 1.40 bits per heavy atom. The molecular weight excluding hydrogens is 194 g/mol. The number of rotatable bonds is 4. The fraction of sp³-hybridized carbons (Fsp3) is 0.300. The number of carbonyl (C=O) groups excluding carboxylic acids is 1. The van der Waals surface area contributed by atoms with Crippen molar-refractivity contribution in [2.75, 3.05) is 13.1 Å². The molecule has 1 aromatic rings. The molecule has 0 aliphatic rings. The Morgan fingerprint density at radius 2 is 2.20 bits per heavy atom. The third kappa shape index (κ3) is 4.33. The predicted molar refractivity (Wildman–Crippen MR) is 57.4 cm³/mol. The number of hydrogen-bond acceptors (Lipinski definition) is 3. The van der Waals surface area contributed by atoms with Crippen LogP contribution in [0.3, 0.4) is 0 Å². The Labute approximate surface area is 88.3 Å². The summed E-state index contributed by atoms with van der Waals surface area (Å²) in [4.78, 5) is 11.1. The molecule has 15 heavy (non-hydrogen) atoms. The Balaban J connectivity index is 2.33. The molecule has 0 spiro atoms. The second-order valence-electron chi connectivity index (χ2n) is 3.07. The van der Waals surface area contributed by atoms with Crippen molar-refractivity contribution in [3.05, 3.63) is 29.8 Å². The first-order chi connectivity index (χ1) is 7.22. The van der Waals surface area contributed by atoms with E-state index >= 15 is 0 Å². The summed E-state index contributed by atoms with van der Waals surface area (Å²) in [5, 5.41) is 14.4. The van der Waals surface area contributed by atoms with Crippen LogP contribution in [-0.2, 0) is 6.54 Å². The van der Waals surface area contributed by atoms with E-state index in [2.05, 4.69) is 10.6 Å². The molecular formula is C10H15N3O2. The lowest BCUT2D eigenvalue weighted by atomic mass is 10.2. The first-order valence-corrected chi connectivity index (χ1v) is 4.72. The lowest BCUT2D eigenvalue weighted by Crippen LogP contribution is -2.37. The van der Waals surface area contributed by atoms with Crippen LogP contribution in [0.25, 0.3) is 0 Å². The number of hydrogen-bond donors (Lipinski definition) is 4. The molecule has 0 heterocycles. The van der Waals surface area contributed by atoms with Gasteiger partial charge in [0.1, 0.15) is 5.75 Å². The van der Waals surface area contributed by atoms with Gasteiger partial charge in [-0.15, -0.1) is 0 Å². The minimum atomic E-state index is -0.260. The topological polar surface area (TPSA) is 87.4 Å². The number of amides is 2. The van der Waals surface area contributed by atoms with Gasteiger partial charge >= 0.3 is 6.03 Å². The van der Waals surface area contributed by atoms with Crippen molar-refractivity contribution in [1.29, 1.82) is 0 Å². The molecule has 0 aromatic heterocycles.